The maximum atomic E-state index is 9.11. The lowest BCUT2D eigenvalue weighted by Crippen LogP contribution is -2.40. The van der Waals surface area contributed by atoms with Crippen LogP contribution in [0.3, 0.4) is 0 Å². The molecule has 1 aliphatic rings. The topological polar surface area (TPSA) is 107 Å². The minimum Gasteiger partial charge on any atom is -0.394 e. The lowest BCUT2D eigenvalue weighted by Gasteiger charge is -2.18. The molecule has 0 aromatic carbocycles. The quantitative estimate of drug-likeness (QED) is 0.302. The zero-order chi connectivity index (χ0) is 18.1. The largest absolute Gasteiger partial charge is 0.394 e. The summed E-state index contributed by atoms with van der Waals surface area (Å²) in [6.07, 6.45) is 6.78. The Balaban J connectivity index is 0. The highest BCUT2D eigenvalue weighted by molar-refractivity contribution is 5.44. The fraction of sp³-hybridized carbons (Fsp3) is 0.824. The van der Waals surface area contributed by atoms with E-state index in [1.165, 1.54) is 45.4 Å². The van der Waals surface area contributed by atoms with Crippen molar-refractivity contribution in [2.45, 2.75) is 76.8 Å². The summed E-state index contributed by atoms with van der Waals surface area (Å²) in [6.45, 7) is 6.89. The second-order valence-electron chi connectivity index (χ2n) is 5.33. The molecule has 0 aromatic heterocycles. The smallest absolute Gasteiger partial charge is 0.116 e. The van der Waals surface area contributed by atoms with Crippen molar-refractivity contribution in [3.05, 3.63) is 12.7 Å². The van der Waals surface area contributed by atoms with Crippen LogP contribution in [0.5, 0.6) is 0 Å². The van der Waals surface area contributed by atoms with Gasteiger partial charge < -0.3 is 30.0 Å². The number of unbranched alkanes of at least 4 members (excludes halogenated alkanes) is 5. The Hall–Kier alpha value is -0.790. The van der Waals surface area contributed by atoms with E-state index in [0.29, 0.717) is 0 Å². The Morgan fingerprint density at radius 3 is 2.22 bits per heavy atom. The van der Waals surface area contributed by atoms with E-state index in [0.717, 1.165) is 6.29 Å². The van der Waals surface area contributed by atoms with Crippen molar-refractivity contribution in [1.29, 1.82) is 0 Å². The highest BCUT2D eigenvalue weighted by Gasteiger charge is 2.38. The van der Waals surface area contributed by atoms with E-state index in [9.17, 15) is 0 Å². The van der Waals surface area contributed by atoms with Crippen molar-refractivity contribution in [2.75, 3.05) is 13.2 Å². The van der Waals surface area contributed by atoms with Crippen LogP contribution >= 0.6 is 0 Å². The number of rotatable bonds is 8. The van der Waals surface area contributed by atoms with E-state index in [2.05, 4.69) is 13.5 Å². The van der Waals surface area contributed by atoms with Gasteiger partial charge in [0, 0.05) is 0 Å². The molecule has 1 rings (SSSR count). The zero-order valence-electron chi connectivity index (χ0n) is 14.4. The number of carbonyl (C=O) groups is 1. The Kier molecular flexibility index (Phi) is 18.7. The van der Waals surface area contributed by atoms with Crippen LogP contribution in [-0.2, 0) is 9.53 Å². The average molecular weight is 334 g/mol. The summed E-state index contributed by atoms with van der Waals surface area (Å²) in [5, 5.41) is 35.5. The van der Waals surface area contributed by atoms with Crippen molar-refractivity contribution >= 4 is 6.29 Å². The number of ether oxygens (including phenoxy) is 1. The zero-order valence-corrected chi connectivity index (χ0v) is 14.4. The van der Waals surface area contributed by atoms with Gasteiger partial charge in [0.1, 0.15) is 30.7 Å². The molecule has 0 saturated carbocycles. The molecule has 23 heavy (non-hydrogen) atoms. The molecule has 6 heteroatoms. The molecule has 0 aromatic rings. The van der Waals surface area contributed by atoms with Gasteiger partial charge in [0.2, 0.25) is 0 Å². The molecule has 138 valence electrons. The highest BCUT2D eigenvalue weighted by Crippen LogP contribution is 2.16. The van der Waals surface area contributed by atoms with E-state index < -0.39 is 31.0 Å². The lowest BCUT2D eigenvalue weighted by atomic mass is 10.1. The fourth-order valence-electron chi connectivity index (χ4n) is 1.96. The van der Waals surface area contributed by atoms with Crippen molar-refractivity contribution < 1.29 is 30.0 Å². The normalized spacial score (nSPS) is 23.8. The van der Waals surface area contributed by atoms with Crippen molar-refractivity contribution in [2.24, 2.45) is 0 Å². The number of carbonyl (C=O) groups excluding carboxylic acids is 1. The first kappa shape index (κ1) is 24.5. The van der Waals surface area contributed by atoms with E-state index in [1.54, 1.807) is 0 Å². The van der Waals surface area contributed by atoms with Crippen LogP contribution in [0.2, 0.25) is 0 Å². The lowest BCUT2D eigenvalue weighted by molar-refractivity contribution is -0.106. The first-order valence-electron chi connectivity index (χ1n) is 8.27. The predicted molar refractivity (Wildman–Crippen MR) is 90.2 cm³/mol. The van der Waals surface area contributed by atoms with Crippen molar-refractivity contribution in [3.8, 4) is 0 Å². The molecule has 4 atom stereocenters. The van der Waals surface area contributed by atoms with E-state index >= 15 is 0 Å². The Morgan fingerprint density at radius 2 is 1.83 bits per heavy atom. The third-order valence-corrected chi connectivity index (χ3v) is 3.27. The molecule has 0 aliphatic carbocycles. The second kappa shape index (κ2) is 17.6. The molecule has 1 heterocycles. The number of hydrogen-bond donors (Lipinski definition) is 4. The predicted octanol–water partition coefficient (Wildman–Crippen LogP) is 1.20. The minimum atomic E-state index is -1.12. The van der Waals surface area contributed by atoms with Gasteiger partial charge in [-0.05, 0) is 19.8 Å². The summed E-state index contributed by atoms with van der Waals surface area (Å²) >= 11 is 0. The summed E-state index contributed by atoms with van der Waals surface area (Å²) in [6, 6.07) is 0. The van der Waals surface area contributed by atoms with Gasteiger partial charge in [-0.25, -0.2) is 0 Å². The van der Waals surface area contributed by atoms with Crippen LogP contribution in [0, 0.1) is 0 Å². The van der Waals surface area contributed by atoms with E-state index in [1.807, 2.05) is 6.08 Å². The molecule has 4 N–H and O–H groups in total. The third-order valence-electron chi connectivity index (χ3n) is 3.27. The number of hydrogen-bond acceptors (Lipinski definition) is 6. The number of allylic oxidation sites excluding steroid dienone is 1. The van der Waals surface area contributed by atoms with Crippen LogP contribution in [-0.4, -0.2) is 64.3 Å². The van der Waals surface area contributed by atoms with Crippen LogP contribution in [0.25, 0.3) is 0 Å². The molecule has 1 aliphatic heterocycles. The molecule has 1 saturated heterocycles. The summed E-state index contributed by atoms with van der Waals surface area (Å²) in [5.74, 6) is 0. The van der Waals surface area contributed by atoms with Gasteiger partial charge in [-0.1, -0.05) is 38.7 Å². The molecule has 6 nitrogen and oxygen atoms in total. The number of aliphatic hydroxyl groups excluding tert-OH is 4. The summed E-state index contributed by atoms with van der Waals surface area (Å²) < 4.78 is 4.82. The minimum absolute atomic E-state index is 0.00287. The SMILES string of the molecule is C=CCCCCCCC.CC=O.OC[C@@H](O)[C@H]1OC[C@H](O)[C@H]1O. The Labute approximate surface area is 139 Å². The van der Waals surface area contributed by atoms with Gasteiger partial charge in [0.05, 0.1) is 13.2 Å². The molecular weight excluding hydrogens is 300 g/mol. The molecule has 0 radical (unpaired) electrons. The maximum Gasteiger partial charge on any atom is 0.116 e. The van der Waals surface area contributed by atoms with Crippen molar-refractivity contribution in [3.63, 3.8) is 0 Å². The van der Waals surface area contributed by atoms with E-state index in [-0.39, 0.29) is 6.61 Å². The van der Waals surface area contributed by atoms with Gasteiger partial charge in [-0.3, -0.25) is 0 Å². The van der Waals surface area contributed by atoms with Gasteiger partial charge in [-0.2, -0.15) is 0 Å². The number of aldehydes is 1. The standard InChI is InChI=1S/C9H18.C6H12O5.C2H4O/c1-3-5-7-9-8-6-4-2;7-1-3(8)6-5(10)4(9)2-11-6;1-2-3/h3H,1,4-9H2,2H3;3-10H,1-2H2;2H,1H3/t;3-,4+,5-,6-;/m.1./s1. The molecule has 0 bridgehead atoms. The molecule has 0 spiro atoms. The molecule has 0 amide bonds. The monoisotopic (exact) mass is 334 g/mol. The molecule has 1 fully saturated rings. The van der Waals surface area contributed by atoms with Crippen LogP contribution in [0.4, 0.5) is 0 Å². The number of aliphatic hydroxyl groups is 4. The molecular formula is C17H34O6. The fourth-order valence-corrected chi connectivity index (χ4v) is 1.96. The maximum absolute atomic E-state index is 9.11. The van der Waals surface area contributed by atoms with E-state index in [4.69, 9.17) is 30.0 Å². The first-order chi connectivity index (χ1) is 11.0. The van der Waals surface area contributed by atoms with Crippen LogP contribution < -0.4 is 0 Å². The Morgan fingerprint density at radius 1 is 1.26 bits per heavy atom. The summed E-state index contributed by atoms with van der Waals surface area (Å²) in [5.41, 5.74) is 0. The summed E-state index contributed by atoms with van der Waals surface area (Å²) in [7, 11) is 0. The van der Waals surface area contributed by atoms with Crippen molar-refractivity contribution in [1.82, 2.24) is 0 Å². The average Bonchev–Trinajstić information content (AvgIpc) is 2.88. The van der Waals surface area contributed by atoms with Crippen LogP contribution in [0.1, 0.15) is 52.4 Å². The summed E-state index contributed by atoms with van der Waals surface area (Å²) in [4.78, 5) is 8.81. The van der Waals surface area contributed by atoms with Crippen LogP contribution in [0.15, 0.2) is 12.7 Å². The Bertz CT molecular complexity index is 272. The second-order valence-corrected chi connectivity index (χ2v) is 5.33. The van der Waals surface area contributed by atoms with Gasteiger partial charge >= 0.3 is 0 Å². The van der Waals surface area contributed by atoms with Gasteiger partial charge in [0.15, 0.2) is 0 Å². The van der Waals surface area contributed by atoms with Gasteiger partial charge in [0.25, 0.3) is 0 Å². The van der Waals surface area contributed by atoms with Gasteiger partial charge in [-0.15, -0.1) is 6.58 Å². The third kappa shape index (κ3) is 13.4. The first-order valence-corrected chi connectivity index (χ1v) is 8.27. The highest BCUT2D eigenvalue weighted by atomic mass is 16.5. The molecule has 0 unspecified atom stereocenters.